The van der Waals surface area contributed by atoms with E-state index in [4.69, 9.17) is 0 Å². The van der Waals surface area contributed by atoms with E-state index in [9.17, 15) is 5.11 Å². The summed E-state index contributed by atoms with van der Waals surface area (Å²) in [7, 11) is 3.98. The van der Waals surface area contributed by atoms with Crippen LogP contribution in [0.15, 0.2) is 22.7 Å². The van der Waals surface area contributed by atoms with Crippen LogP contribution in [0.5, 0.6) is 0 Å². The summed E-state index contributed by atoms with van der Waals surface area (Å²) in [5.74, 6) is 0. The van der Waals surface area contributed by atoms with Crippen LogP contribution in [0.3, 0.4) is 0 Å². The standard InChI is InChI=1S/C10H14BrNO/c1-7(13)9-5-4-8(12(2)3)6-10(9)11/h4-7,13H,1-3H3. The van der Waals surface area contributed by atoms with E-state index in [0.717, 1.165) is 15.7 Å². The molecular weight excluding hydrogens is 230 g/mol. The highest BCUT2D eigenvalue weighted by Crippen LogP contribution is 2.27. The van der Waals surface area contributed by atoms with Gasteiger partial charge in [0.2, 0.25) is 0 Å². The largest absolute Gasteiger partial charge is 0.389 e. The highest BCUT2D eigenvalue weighted by Gasteiger charge is 2.06. The third kappa shape index (κ3) is 2.45. The number of nitrogens with zero attached hydrogens (tertiary/aromatic N) is 1. The normalized spacial score (nSPS) is 12.7. The molecule has 1 rings (SSSR count). The van der Waals surface area contributed by atoms with Crippen molar-refractivity contribution >= 4 is 21.6 Å². The minimum atomic E-state index is -0.425. The van der Waals surface area contributed by atoms with Crippen molar-refractivity contribution in [1.82, 2.24) is 0 Å². The number of aliphatic hydroxyl groups excluding tert-OH is 1. The molecule has 3 heteroatoms. The zero-order chi connectivity index (χ0) is 10.0. The van der Waals surface area contributed by atoms with Crippen LogP contribution >= 0.6 is 15.9 Å². The second-order valence-electron chi connectivity index (χ2n) is 3.28. The van der Waals surface area contributed by atoms with Crippen molar-refractivity contribution in [2.45, 2.75) is 13.0 Å². The Labute approximate surface area is 87.3 Å². The first kappa shape index (κ1) is 10.5. The molecule has 0 aromatic heterocycles. The monoisotopic (exact) mass is 243 g/mol. The minimum Gasteiger partial charge on any atom is -0.389 e. The minimum absolute atomic E-state index is 0.425. The predicted octanol–water partition coefficient (Wildman–Crippen LogP) is 2.57. The van der Waals surface area contributed by atoms with Gasteiger partial charge < -0.3 is 10.0 Å². The van der Waals surface area contributed by atoms with Gasteiger partial charge in [0.05, 0.1) is 6.10 Å². The Hall–Kier alpha value is -0.540. The average molecular weight is 244 g/mol. The molecule has 0 radical (unpaired) electrons. The van der Waals surface area contributed by atoms with E-state index in [-0.39, 0.29) is 0 Å². The van der Waals surface area contributed by atoms with Crippen LogP contribution in [0.2, 0.25) is 0 Å². The molecule has 0 aliphatic rings. The smallest absolute Gasteiger partial charge is 0.0772 e. The number of halogens is 1. The summed E-state index contributed by atoms with van der Waals surface area (Å²) in [5, 5.41) is 9.39. The lowest BCUT2D eigenvalue weighted by Crippen LogP contribution is -2.08. The van der Waals surface area contributed by atoms with Crippen LogP contribution in [-0.4, -0.2) is 19.2 Å². The Kier molecular flexibility index (Phi) is 3.33. The quantitative estimate of drug-likeness (QED) is 0.864. The van der Waals surface area contributed by atoms with Gasteiger partial charge in [0.15, 0.2) is 0 Å². The van der Waals surface area contributed by atoms with E-state index in [2.05, 4.69) is 15.9 Å². The maximum atomic E-state index is 9.39. The Bertz CT molecular complexity index is 297. The molecular formula is C10H14BrNO. The molecule has 1 N–H and O–H groups in total. The molecule has 0 spiro atoms. The molecule has 0 saturated heterocycles. The topological polar surface area (TPSA) is 23.5 Å². The third-order valence-corrected chi connectivity index (χ3v) is 2.64. The summed E-state index contributed by atoms with van der Waals surface area (Å²) in [4.78, 5) is 2.02. The van der Waals surface area contributed by atoms with Crippen molar-refractivity contribution in [2.75, 3.05) is 19.0 Å². The molecule has 72 valence electrons. The van der Waals surface area contributed by atoms with Crippen LogP contribution in [0.1, 0.15) is 18.6 Å². The number of hydrogen-bond acceptors (Lipinski definition) is 2. The molecule has 0 amide bonds. The van der Waals surface area contributed by atoms with Crippen molar-refractivity contribution in [3.05, 3.63) is 28.2 Å². The number of anilines is 1. The van der Waals surface area contributed by atoms with Gasteiger partial charge in [-0.15, -0.1) is 0 Å². The molecule has 0 heterocycles. The van der Waals surface area contributed by atoms with Crippen LogP contribution < -0.4 is 4.90 Å². The van der Waals surface area contributed by atoms with Crippen LogP contribution in [-0.2, 0) is 0 Å². The summed E-state index contributed by atoms with van der Waals surface area (Å²) in [6.07, 6.45) is -0.425. The van der Waals surface area contributed by atoms with Crippen molar-refractivity contribution in [3.63, 3.8) is 0 Å². The fraction of sp³-hybridized carbons (Fsp3) is 0.400. The van der Waals surface area contributed by atoms with Gasteiger partial charge in [-0.2, -0.15) is 0 Å². The summed E-state index contributed by atoms with van der Waals surface area (Å²) in [6, 6.07) is 5.93. The highest BCUT2D eigenvalue weighted by atomic mass is 79.9. The van der Waals surface area contributed by atoms with Crippen LogP contribution in [0.4, 0.5) is 5.69 Å². The maximum Gasteiger partial charge on any atom is 0.0772 e. The lowest BCUT2D eigenvalue weighted by Gasteiger charge is -2.15. The van der Waals surface area contributed by atoms with E-state index in [0.29, 0.717) is 0 Å². The predicted molar refractivity (Wildman–Crippen MR) is 59.1 cm³/mol. The molecule has 1 aromatic rings. The fourth-order valence-corrected chi connectivity index (χ4v) is 1.83. The second kappa shape index (κ2) is 4.11. The second-order valence-corrected chi connectivity index (χ2v) is 4.13. The van der Waals surface area contributed by atoms with Crippen molar-refractivity contribution in [1.29, 1.82) is 0 Å². The zero-order valence-electron chi connectivity index (χ0n) is 8.08. The number of aliphatic hydroxyl groups is 1. The Balaban J connectivity index is 3.06. The van der Waals surface area contributed by atoms with Gasteiger partial charge in [0.1, 0.15) is 0 Å². The van der Waals surface area contributed by atoms with Gasteiger partial charge in [-0.05, 0) is 24.6 Å². The fourth-order valence-electron chi connectivity index (χ4n) is 1.13. The first-order valence-electron chi connectivity index (χ1n) is 4.17. The van der Waals surface area contributed by atoms with Gasteiger partial charge >= 0.3 is 0 Å². The molecule has 0 bridgehead atoms. The average Bonchev–Trinajstić information content (AvgIpc) is 2.03. The van der Waals surface area contributed by atoms with Crippen LogP contribution in [0, 0.1) is 0 Å². The van der Waals surface area contributed by atoms with Crippen molar-refractivity contribution < 1.29 is 5.11 Å². The summed E-state index contributed by atoms with van der Waals surface area (Å²) in [5.41, 5.74) is 2.04. The SMILES string of the molecule is CC(O)c1ccc(N(C)C)cc1Br. The molecule has 0 aliphatic heterocycles. The molecule has 0 aliphatic carbocycles. The number of benzene rings is 1. The molecule has 0 fully saturated rings. The van der Waals surface area contributed by atoms with Gasteiger partial charge in [-0.25, -0.2) is 0 Å². The third-order valence-electron chi connectivity index (χ3n) is 1.95. The van der Waals surface area contributed by atoms with Crippen LogP contribution in [0.25, 0.3) is 0 Å². The Morgan fingerprint density at radius 2 is 2.00 bits per heavy atom. The molecule has 13 heavy (non-hydrogen) atoms. The number of rotatable bonds is 2. The zero-order valence-corrected chi connectivity index (χ0v) is 9.67. The maximum absolute atomic E-state index is 9.39. The van der Waals surface area contributed by atoms with Crippen molar-refractivity contribution in [2.24, 2.45) is 0 Å². The van der Waals surface area contributed by atoms with Gasteiger partial charge in [0.25, 0.3) is 0 Å². The van der Waals surface area contributed by atoms with E-state index >= 15 is 0 Å². The molecule has 1 unspecified atom stereocenters. The summed E-state index contributed by atoms with van der Waals surface area (Å²) >= 11 is 3.43. The highest BCUT2D eigenvalue weighted by molar-refractivity contribution is 9.10. The molecule has 2 nitrogen and oxygen atoms in total. The molecule has 0 saturated carbocycles. The van der Waals surface area contributed by atoms with E-state index in [1.165, 1.54) is 0 Å². The van der Waals surface area contributed by atoms with E-state index in [1.807, 2.05) is 37.2 Å². The summed E-state index contributed by atoms with van der Waals surface area (Å²) in [6.45, 7) is 1.76. The van der Waals surface area contributed by atoms with Gasteiger partial charge in [-0.1, -0.05) is 22.0 Å². The molecule has 1 atom stereocenters. The molecule has 1 aromatic carbocycles. The van der Waals surface area contributed by atoms with Crippen molar-refractivity contribution in [3.8, 4) is 0 Å². The Morgan fingerprint density at radius 1 is 1.38 bits per heavy atom. The van der Waals surface area contributed by atoms with Gasteiger partial charge in [-0.3, -0.25) is 0 Å². The summed E-state index contributed by atoms with van der Waals surface area (Å²) < 4.78 is 0.953. The van der Waals surface area contributed by atoms with E-state index < -0.39 is 6.10 Å². The lowest BCUT2D eigenvalue weighted by molar-refractivity contribution is 0.198. The number of hydrogen-bond donors (Lipinski definition) is 1. The lowest BCUT2D eigenvalue weighted by atomic mass is 10.1. The first-order valence-corrected chi connectivity index (χ1v) is 4.96. The van der Waals surface area contributed by atoms with E-state index in [1.54, 1.807) is 6.92 Å². The first-order chi connectivity index (χ1) is 6.02. The van der Waals surface area contributed by atoms with Gasteiger partial charge in [0, 0.05) is 24.3 Å². The Morgan fingerprint density at radius 3 is 2.38 bits per heavy atom.